The third-order valence-corrected chi connectivity index (χ3v) is 3.15. The minimum absolute atomic E-state index is 0.139. The Morgan fingerprint density at radius 3 is 2.50 bits per heavy atom. The average molecular weight is 298 g/mol. The maximum atomic E-state index is 11.6. The lowest BCUT2D eigenvalue weighted by Crippen LogP contribution is -2.17. The molecule has 0 aliphatic heterocycles. The number of aryl methyl sites for hydroxylation is 2. The van der Waals surface area contributed by atoms with Gasteiger partial charge >= 0.3 is 5.97 Å². The molecule has 0 amide bonds. The molecule has 0 saturated heterocycles. The normalized spacial score (nSPS) is 11.1. The number of hydrogen-bond acceptors (Lipinski definition) is 4. The second kappa shape index (κ2) is 7.26. The van der Waals surface area contributed by atoms with Crippen molar-refractivity contribution in [3.8, 4) is 5.75 Å². The maximum absolute atomic E-state index is 11.6. The Balaban J connectivity index is 1.86. The fraction of sp³-hybridized carbons (Fsp3) is 0.176. The predicted molar refractivity (Wildman–Crippen MR) is 84.7 cm³/mol. The highest BCUT2D eigenvalue weighted by molar-refractivity contribution is 5.97. The molecule has 0 unspecified atom stereocenters. The molecular weight excluding hydrogens is 280 g/mol. The third-order valence-electron chi connectivity index (χ3n) is 3.15. The van der Waals surface area contributed by atoms with Crippen LogP contribution in [0.15, 0.2) is 53.7 Å². The molecule has 2 aromatic carbocycles. The monoisotopic (exact) mass is 298 g/mol. The molecule has 0 fully saturated rings. The summed E-state index contributed by atoms with van der Waals surface area (Å²) < 4.78 is 5.36. The molecule has 5 heteroatoms. The van der Waals surface area contributed by atoms with E-state index in [9.17, 15) is 4.79 Å². The van der Waals surface area contributed by atoms with Crippen LogP contribution in [0.2, 0.25) is 0 Å². The van der Waals surface area contributed by atoms with Gasteiger partial charge in [-0.15, -0.1) is 0 Å². The van der Waals surface area contributed by atoms with E-state index in [-0.39, 0.29) is 12.4 Å². The van der Waals surface area contributed by atoms with Crippen molar-refractivity contribution in [1.82, 2.24) is 0 Å². The number of ether oxygens (including phenoxy) is 1. The van der Waals surface area contributed by atoms with Crippen LogP contribution in [-0.2, 0) is 9.63 Å². The molecule has 2 rings (SSSR count). The minimum atomic E-state index is -0.614. The van der Waals surface area contributed by atoms with E-state index in [0.717, 1.165) is 11.1 Å². The van der Waals surface area contributed by atoms with E-state index < -0.39 is 5.97 Å². The predicted octanol–water partition coefficient (Wildman–Crippen LogP) is 2.55. The molecule has 2 aromatic rings. The van der Waals surface area contributed by atoms with Crippen molar-refractivity contribution in [3.63, 3.8) is 0 Å². The van der Waals surface area contributed by atoms with Gasteiger partial charge in [-0.1, -0.05) is 41.6 Å². The summed E-state index contributed by atoms with van der Waals surface area (Å²) in [5.41, 5.74) is 8.66. The number of nitrogens with zero attached hydrogens (tertiary/aromatic N) is 1. The SMILES string of the molecule is Cc1ccc(OCC(=O)O/N=C(/N)c2ccccc2)cc1C. The van der Waals surface area contributed by atoms with Crippen LogP contribution in [0.3, 0.4) is 0 Å². The van der Waals surface area contributed by atoms with E-state index in [2.05, 4.69) is 5.16 Å². The molecule has 0 aliphatic carbocycles. The van der Waals surface area contributed by atoms with E-state index in [1.54, 1.807) is 18.2 Å². The number of oxime groups is 1. The first-order chi connectivity index (χ1) is 10.6. The molecule has 22 heavy (non-hydrogen) atoms. The van der Waals surface area contributed by atoms with Gasteiger partial charge in [0.2, 0.25) is 0 Å². The van der Waals surface area contributed by atoms with Crippen molar-refractivity contribution in [2.75, 3.05) is 6.61 Å². The third kappa shape index (κ3) is 4.34. The second-order valence-corrected chi connectivity index (χ2v) is 4.84. The summed E-state index contributed by atoms with van der Waals surface area (Å²) in [6, 6.07) is 14.7. The van der Waals surface area contributed by atoms with Crippen molar-refractivity contribution in [1.29, 1.82) is 0 Å². The van der Waals surface area contributed by atoms with Gasteiger partial charge in [0.15, 0.2) is 12.4 Å². The molecule has 114 valence electrons. The summed E-state index contributed by atoms with van der Waals surface area (Å²) in [5, 5.41) is 3.60. The zero-order valence-corrected chi connectivity index (χ0v) is 12.6. The summed E-state index contributed by atoms with van der Waals surface area (Å²) >= 11 is 0. The summed E-state index contributed by atoms with van der Waals surface area (Å²) in [6.07, 6.45) is 0. The first-order valence-corrected chi connectivity index (χ1v) is 6.85. The molecule has 0 saturated carbocycles. The maximum Gasteiger partial charge on any atom is 0.372 e. The Bertz CT molecular complexity index is 682. The molecular formula is C17H18N2O3. The van der Waals surface area contributed by atoms with E-state index in [1.807, 2.05) is 44.2 Å². The van der Waals surface area contributed by atoms with Crippen LogP contribution in [-0.4, -0.2) is 18.4 Å². The van der Waals surface area contributed by atoms with Crippen LogP contribution in [0.5, 0.6) is 5.75 Å². The van der Waals surface area contributed by atoms with Crippen LogP contribution in [0.25, 0.3) is 0 Å². The lowest BCUT2D eigenvalue weighted by Gasteiger charge is -2.07. The number of hydrogen-bond donors (Lipinski definition) is 1. The molecule has 0 atom stereocenters. The zero-order chi connectivity index (χ0) is 15.9. The number of benzene rings is 2. The van der Waals surface area contributed by atoms with Gasteiger partial charge in [-0.25, -0.2) is 4.79 Å². The smallest absolute Gasteiger partial charge is 0.372 e. The Hall–Kier alpha value is -2.82. The molecule has 0 aromatic heterocycles. The molecule has 0 radical (unpaired) electrons. The van der Waals surface area contributed by atoms with Crippen molar-refractivity contribution < 1.29 is 14.4 Å². The number of carbonyl (C=O) groups is 1. The van der Waals surface area contributed by atoms with Gasteiger partial charge in [-0.2, -0.15) is 0 Å². The van der Waals surface area contributed by atoms with Crippen molar-refractivity contribution in [2.45, 2.75) is 13.8 Å². The second-order valence-electron chi connectivity index (χ2n) is 4.84. The van der Waals surface area contributed by atoms with Crippen LogP contribution in [0.1, 0.15) is 16.7 Å². The Labute approximate surface area is 129 Å². The van der Waals surface area contributed by atoms with E-state index in [1.165, 1.54) is 0 Å². The highest BCUT2D eigenvalue weighted by Crippen LogP contribution is 2.16. The summed E-state index contributed by atoms with van der Waals surface area (Å²) in [7, 11) is 0. The van der Waals surface area contributed by atoms with Gasteiger partial charge in [0.05, 0.1) is 0 Å². The Morgan fingerprint density at radius 1 is 1.09 bits per heavy atom. The largest absolute Gasteiger partial charge is 0.482 e. The van der Waals surface area contributed by atoms with E-state index in [0.29, 0.717) is 11.3 Å². The fourth-order valence-electron chi connectivity index (χ4n) is 1.73. The molecule has 2 N–H and O–H groups in total. The van der Waals surface area contributed by atoms with Gasteiger partial charge in [0, 0.05) is 5.56 Å². The fourth-order valence-corrected chi connectivity index (χ4v) is 1.73. The molecule has 0 bridgehead atoms. The van der Waals surface area contributed by atoms with Crippen LogP contribution < -0.4 is 10.5 Å². The lowest BCUT2D eigenvalue weighted by atomic mass is 10.1. The number of nitrogens with two attached hydrogens (primary N) is 1. The molecule has 0 spiro atoms. The zero-order valence-electron chi connectivity index (χ0n) is 12.6. The van der Waals surface area contributed by atoms with Gasteiger partial charge in [-0.3, -0.25) is 0 Å². The molecule has 0 heterocycles. The summed E-state index contributed by atoms with van der Waals surface area (Å²) in [5.74, 6) is 0.136. The first kappa shape index (κ1) is 15.6. The van der Waals surface area contributed by atoms with Gasteiger partial charge in [0.25, 0.3) is 0 Å². The van der Waals surface area contributed by atoms with E-state index in [4.69, 9.17) is 15.3 Å². The average Bonchev–Trinajstić information content (AvgIpc) is 2.54. The minimum Gasteiger partial charge on any atom is -0.482 e. The van der Waals surface area contributed by atoms with Gasteiger partial charge in [0.1, 0.15) is 5.75 Å². The standard InChI is InChI=1S/C17H18N2O3/c1-12-8-9-15(10-13(12)2)21-11-16(20)22-19-17(18)14-6-4-3-5-7-14/h3-10H,11H2,1-2H3,(H2,18,19). The lowest BCUT2D eigenvalue weighted by molar-refractivity contribution is -0.146. The molecule has 0 aliphatic rings. The van der Waals surface area contributed by atoms with Gasteiger partial charge in [-0.05, 0) is 37.1 Å². The van der Waals surface area contributed by atoms with E-state index >= 15 is 0 Å². The van der Waals surface area contributed by atoms with Gasteiger partial charge < -0.3 is 15.3 Å². The van der Waals surface area contributed by atoms with Crippen LogP contribution >= 0.6 is 0 Å². The Morgan fingerprint density at radius 2 is 1.82 bits per heavy atom. The Kier molecular flexibility index (Phi) is 5.14. The highest BCUT2D eigenvalue weighted by Gasteiger charge is 2.06. The van der Waals surface area contributed by atoms with Crippen LogP contribution in [0, 0.1) is 13.8 Å². The molecule has 5 nitrogen and oxygen atoms in total. The van der Waals surface area contributed by atoms with Crippen molar-refractivity contribution in [2.24, 2.45) is 10.9 Å². The summed E-state index contributed by atoms with van der Waals surface area (Å²) in [4.78, 5) is 16.3. The number of amidine groups is 1. The quantitative estimate of drug-likeness (QED) is 0.398. The van der Waals surface area contributed by atoms with Crippen molar-refractivity contribution >= 4 is 11.8 Å². The van der Waals surface area contributed by atoms with Crippen molar-refractivity contribution in [3.05, 3.63) is 65.2 Å². The first-order valence-electron chi connectivity index (χ1n) is 6.85. The number of rotatable bonds is 5. The number of carbonyl (C=O) groups excluding carboxylic acids is 1. The van der Waals surface area contributed by atoms with Crippen LogP contribution in [0.4, 0.5) is 0 Å². The summed E-state index contributed by atoms with van der Waals surface area (Å²) in [6.45, 7) is 3.76. The topological polar surface area (TPSA) is 73.9 Å². The highest BCUT2D eigenvalue weighted by atomic mass is 16.7.